The second kappa shape index (κ2) is 7.87. The number of likely N-dealkylation sites (tertiary alicyclic amines) is 1. The molecule has 0 bridgehead atoms. The zero-order valence-corrected chi connectivity index (χ0v) is 16.7. The number of β-amino-alcohol motifs (C(OH)–C–C–N with tert-alkyl or cyclic N) is 1. The predicted octanol–water partition coefficient (Wildman–Crippen LogP) is 1.43. The van der Waals surface area contributed by atoms with Crippen molar-refractivity contribution in [1.82, 2.24) is 25.0 Å². The molecule has 8 nitrogen and oxygen atoms in total. The van der Waals surface area contributed by atoms with Crippen molar-refractivity contribution < 1.29 is 14.3 Å². The number of hydrogen-bond donors (Lipinski definition) is 1. The van der Waals surface area contributed by atoms with E-state index in [4.69, 9.17) is 9.15 Å². The van der Waals surface area contributed by atoms with Crippen molar-refractivity contribution in [3.05, 3.63) is 30.4 Å². The average molecular weight is 387 g/mol. The lowest BCUT2D eigenvalue weighted by Gasteiger charge is -2.52. The molecule has 4 rings (SSSR count). The summed E-state index contributed by atoms with van der Waals surface area (Å²) in [5.41, 5.74) is -0.133. The molecule has 2 fully saturated rings. The van der Waals surface area contributed by atoms with Crippen molar-refractivity contribution in [3.63, 3.8) is 0 Å². The predicted molar refractivity (Wildman–Crippen MR) is 103 cm³/mol. The van der Waals surface area contributed by atoms with Gasteiger partial charge in [-0.1, -0.05) is 13.8 Å². The molecule has 1 atom stereocenters. The van der Waals surface area contributed by atoms with E-state index < -0.39 is 5.60 Å². The molecule has 0 aliphatic carbocycles. The molecule has 8 heteroatoms. The molecule has 2 aliphatic heterocycles. The molecule has 0 amide bonds. The summed E-state index contributed by atoms with van der Waals surface area (Å²) in [6, 6.07) is 3.75. The molecule has 0 radical (unpaired) electrons. The van der Waals surface area contributed by atoms with Crippen LogP contribution in [0.15, 0.2) is 28.9 Å². The molecule has 4 heterocycles. The zero-order valence-electron chi connectivity index (χ0n) is 16.7. The molecular weight excluding hydrogens is 358 g/mol. The standard InChI is InChI=1S/C20H29N5O3/c1-19(2)14-25(7-5-20(19,26)15-24-8-10-27-11-9-24)13-17-22-23-18(28-17)16-4-3-6-21-12-16/h3-4,6,12,26H,5,7-11,13-15H2,1-2H3/t20-/m1/s1. The first-order valence-corrected chi connectivity index (χ1v) is 9.93. The van der Waals surface area contributed by atoms with Gasteiger partial charge in [-0.05, 0) is 18.6 Å². The van der Waals surface area contributed by atoms with Crippen LogP contribution in [-0.2, 0) is 11.3 Å². The number of pyridine rings is 1. The van der Waals surface area contributed by atoms with E-state index in [1.165, 1.54) is 0 Å². The Balaban J connectivity index is 1.38. The van der Waals surface area contributed by atoms with Gasteiger partial charge in [0.1, 0.15) is 0 Å². The van der Waals surface area contributed by atoms with Crippen molar-refractivity contribution in [3.8, 4) is 11.5 Å². The van der Waals surface area contributed by atoms with E-state index in [-0.39, 0.29) is 5.41 Å². The minimum atomic E-state index is -0.712. The zero-order chi connectivity index (χ0) is 19.6. The number of nitrogens with zero attached hydrogens (tertiary/aromatic N) is 5. The van der Waals surface area contributed by atoms with Crippen LogP contribution in [0.4, 0.5) is 0 Å². The van der Waals surface area contributed by atoms with Gasteiger partial charge < -0.3 is 14.3 Å². The van der Waals surface area contributed by atoms with Crippen LogP contribution < -0.4 is 0 Å². The number of rotatable bonds is 5. The maximum Gasteiger partial charge on any atom is 0.249 e. The summed E-state index contributed by atoms with van der Waals surface area (Å²) in [5, 5.41) is 19.8. The number of hydrogen-bond acceptors (Lipinski definition) is 8. The first kappa shape index (κ1) is 19.4. The van der Waals surface area contributed by atoms with Crippen molar-refractivity contribution in [1.29, 1.82) is 0 Å². The van der Waals surface area contributed by atoms with Crippen molar-refractivity contribution in [2.24, 2.45) is 5.41 Å². The van der Waals surface area contributed by atoms with E-state index in [1.54, 1.807) is 12.4 Å². The van der Waals surface area contributed by atoms with Crippen LogP contribution in [0, 0.1) is 5.41 Å². The number of morpholine rings is 1. The lowest BCUT2D eigenvalue weighted by atomic mass is 9.69. The normalized spacial score (nSPS) is 26.4. The summed E-state index contributed by atoms with van der Waals surface area (Å²) in [6.07, 6.45) is 4.16. The fourth-order valence-electron chi connectivity index (χ4n) is 4.14. The summed E-state index contributed by atoms with van der Waals surface area (Å²) in [7, 11) is 0. The van der Waals surface area contributed by atoms with Gasteiger partial charge in [0.05, 0.1) is 30.9 Å². The largest absolute Gasteiger partial charge is 0.419 e. The van der Waals surface area contributed by atoms with Gasteiger partial charge in [-0.25, -0.2) is 0 Å². The third-order valence-electron chi connectivity index (χ3n) is 6.04. The fourth-order valence-corrected chi connectivity index (χ4v) is 4.14. The molecular formula is C20H29N5O3. The summed E-state index contributed by atoms with van der Waals surface area (Å²) < 4.78 is 11.3. The van der Waals surface area contributed by atoms with Crippen LogP contribution in [0.1, 0.15) is 26.2 Å². The van der Waals surface area contributed by atoms with E-state index in [0.29, 0.717) is 24.9 Å². The lowest BCUT2D eigenvalue weighted by Crippen LogP contribution is -2.62. The van der Waals surface area contributed by atoms with Crippen LogP contribution in [0.3, 0.4) is 0 Å². The highest BCUT2D eigenvalue weighted by Crippen LogP contribution is 2.39. The summed E-state index contributed by atoms with van der Waals surface area (Å²) in [6.45, 7) is 10.4. The maximum absolute atomic E-state index is 11.4. The molecule has 152 valence electrons. The van der Waals surface area contributed by atoms with Crippen molar-refractivity contribution in [2.45, 2.75) is 32.4 Å². The molecule has 2 aromatic heterocycles. The van der Waals surface area contributed by atoms with E-state index in [0.717, 1.165) is 51.4 Å². The fraction of sp³-hybridized carbons (Fsp3) is 0.650. The summed E-state index contributed by atoms with van der Waals surface area (Å²) in [4.78, 5) is 8.70. The Morgan fingerprint density at radius 1 is 1.14 bits per heavy atom. The van der Waals surface area contributed by atoms with E-state index in [1.807, 2.05) is 12.1 Å². The topological polar surface area (TPSA) is 87.8 Å². The molecule has 0 aromatic carbocycles. The maximum atomic E-state index is 11.4. The summed E-state index contributed by atoms with van der Waals surface area (Å²) in [5.74, 6) is 1.08. The van der Waals surface area contributed by atoms with Crippen LogP contribution in [0.2, 0.25) is 0 Å². The first-order valence-electron chi connectivity index (χ1n) is 9.93. The average Bonchev–Trinajstić information content (AvgIpc) is 3.15. The van der Waals surface area contributed by atoms with Gasteiger partial charge >= 0.3 is 0 Å². The molecule has 28 heavy (non-hydrogen) atoms. The van der Waals surface area contributed by atoms with Crippen LogP contribution in [0.25, 0.3) is 11.5 Å². The van der Waals surface area contributed by atoms with E-state index >= 15 is 0 Å². The minimum Gasteiger partial charge on any atom is -0.419 e. The third kappa shape index (κ3) is 4.10. The smallest absolute Gasteiger partial charge is 0.249 e. The third-order valence-corrected chi connectivity index (χ3v) is 6.04. The Morgan fingerprint density at radius 3 is 2.68 bits per heavy atom. The first-order chi connectivity index (χ1) is 13.5. The second-order valence-electron chi connectivity index (χ2n) is 8.51. The van der Waals surface area contributed by atoms with Crippen molar-refractivity contribution >= 4 is 0 Å². The minimum absolute atomic E-state index is 0.240. The SMILES string of the molecule is CC1(C)CN(Cc2nnc(-c3cccnc3)o2)CC[C@@]1(O)CN1CCOCC1. The van der Waals surface area contributed by atoms with Crippen LogP contribution >= 0.6 is 0 Å². The van der Waals surface area contributed by atoms with Gasteiger partial charge in [0.25, 0.3) is 0 Å². The molecule has 2 aromatic rings. The highest BCUT2D eigenvalue weighted by Gasteiger charge is 2.48. The van der Waals surface area contributed by atoms with Gasteiger partial charge in [-0.15, -0.1) is 10.2 Å². The summed E-state index contributed by atoms with van der Waals surface area (Å²) >= 11 is 0. The monoisotopic (exact) mass is 387 g/mol. The Morgan fingerprint density at radius 2 is 1.96 bits per heavy atom. The van der Waals surface area contributed by atoms with Gasteiger partial charge in [0.15, 0.2) is 0 Å². The van der Waals surface area contributed by atoms with Crippen molar-refractivity contribution in [2.75, 3.05) is 45.9 Å². The Kier molecular flexibility index (Phi) is 5.46. The van der Waals surface area contributed by atoms with Crippen LogP contribution in [-0.4, -0.2) is 81.6 Å². The molecule has 2 aliphatic rings. The Labute approximate surface area is 165 Å². The quantitative estimate of drug-likeness (QED) is 0.824. The molecule has 0 spiro atoms. The molecule has 2 saturated heterocycles. The molecule has 0 unspecified atom stereocenters. The van der Waals surface area contributed by atoms with Crippen LogP contribution in [0.5, 0.6) is 0 Å². The number of aliphatic hydroxyl groups is 1. The van der Waals surface area contributed by atoms with E-state index in [9.17, 15) is 5.11 Å². The number of ether oxygens (including phenoxy) is 1. The molecule has 1 N–H and O–H groups in total. The highest BCUT2D eigenvalue weighted by molar-refractivity contribution is 5.49. The second-order valence-corrected chi connectivity index (χ2v) is 8.51. The van der Waals surface area contributed by atoms with Gasteiger partial charge in [-0.3, -0.25) is 14.8 Å². The Hall–Kier alpha value is -1.87. The van der Waals surface area contributed by atoms with Gasteiger partial charge in [0.2, 0.25) is 11.8 Å². The number of aromatic nitrogens is 3. The highest BCUT2D eigenvalue weighted by atomic mass is 16.5. The lowest BCUT2D eigenvalue weighted by molar-refractivity contribution is -0.141. The Bertz CT molecular complexity index is 775. The van der Waals surface area contributed by atoms with Gasteiger partial charge in [-0.2, -0.15) is 0 Å². The number of piperidine rings is 1. The molecule has 0 saturated carbocycles. The van der Waals surface area contributed by atoms with E-state index in [2.05, 4.69) is 38.8 Å². The van der Waals surface area contributed by atoms with Gasteiger partial charge in [0, 0.05) is 50.5 Å².